The molecule has 3 nitrogen and oxygen atoms in total. The Bertz CT molecular complexity index is 668. The van der Waals surface area contributed by atoms with E-state index < -0.39 is 0 Å². The minimum Gasteiger partial charge on any atom is -0.389 e. The molecular weight excluding hydrogens is 336 g/mol. The molecule has 0 radical (unpaired) electrons. The number of amides is 1. The van der Waals surface area contributed by atoms with Gasteiger partial charge in [0.2, 0.25) is 0 Å². The van der Waals surface area contributed by atoms with Gasteiger partial charge >= 0.3 is 0 Å². The maximum atomic E-state index is 12.1. The molecule has 1 amide bonds. The number of carbonyl (C=O) groups excluding carboxylic acids is 1. The second-order valence-corrected chi connectivity index (χ2v) is 5.67. The van der Waals surface area contributed by atoms with Gasteiger partial charge in [-0.15, -0.1) is 0 Å². The van der Waals surface area contributed by atoms with Crippen LogP contribution in [-0.4, -0.2) is 10.9 Å². The van der Waals surface area contributed by atoms with E-state index in [9.17, 15) is 4.79 Å². The Labute approximate surface area is 131 Å². The fourth-order valence-corrected chi connectivity index (χ4v) is 2.27. The number of carbonyl (C=O) groups is 1. The zero-order valence-electron chi connectivity index (χ0n) is 10.8. The number of hydrogen-bond acceptors (Lipinski definition) is 2. The smallest absolute Gasteiger partial charge is 0.255 e. The molecule has 0 atom stereocenters. The molecule has 0 saturated heterocycles. The molecular formula is C15H13BrN2OS. The van der Waals surface area contributed by atoms with Gasteiger partial charge in [-0.25, -0.2) is 0 Å². The summed E-state index contributed by atoms with van der Waals surface area (Å²) in [5, 5.41) is 2.84. The van der Waals surface area contributed by atoms with Gasteiger partial charge in [0.1, 0.15) is 4.99 Å². The summed E-state index contributed by atoms with van der Waals surface area (Å²) in [4.78, 5) is 12.4. The van der Waals surface area contributed by atoms with Crippen molar-refractivity contribution in [1.82, 2.24) is 0 Å². The van der Waals surface area contributed by atoms with Gasteiger partial charge in [0.05, 0.1) is 5.69 Å². The van der Waals surface area contributed by atoms with Crippen molar-refractivity contribution in [3.8, 4) is 0 Å². The molecule has 0 heterocycles. The summed E-state index contributed by atoms with van der Waals surface area (Å²) in [5.41, 5.74) is 8.72. The van der Waals surface area contributed by atoms with Crippen LogP contribution in [0.2, 0.25) is 0 Å². The topological polar surface area (TPSA) is 55.1 Å². The van der Waals surface area contributed by atoms with E-state index in [0.717, 1.165) is 15.6 Å². The molecule has 0 saturated carbocycles. The number of hydrogen-bond donors (Lipinski definition) is 2. The van der Waals surface area contributed by atoms with Gasteiger partial charge in [0.25, 0.3) is 5.91 Å². The summed E-state index contributed by atoms with van der Waals surface area (Å²) in [5.74, 6) is -0.159. The highest BCUT2D eigenvalue weighted by Crippen LogP contribution is 2.24. The minimum atomic E-state index is -0.159. The van der Waals surface area contributed by atoms with E-state index in [4.69, 9.17) is 18.0 Å². The third kappa shape index (κ3) is 3.43. The lowest BCUT2D eigenvalue weighted by Gasteiger charge is -2.09. The minimum absolute atomic E-state index is 0.159. The van der Waals surface area contributed by atoms with Gasteiger partial charge < -0.3 is 11.1 Å². The molecule has 3 N–H and O–H groups in total. The normalized spacial score (nSPS) is 10.1. The third-order valence-electron chi connectivity index (χ3n) is 2.82. The number of thiocarbonyl (C=S) groups is 1. The Balaban J connectivity index is 2.19. The number of anilines is 1. The summed E-state index contributed by atoms with van der Waals surface area (Å²) in [6.07, 6.45) is 0. The van der Waals surface area contributed by atoms with Crippen molar-refractivity contribution < 1.29 is 4.79 Å². The van der Waals surface area contributed by atoms with E-state index in [1.165, 1.54) is 0 Å². The number of benzene rings is 2. The van der Waals surface area contributed by atoms with Crippen LogP contribution in [-0.2, 0) is 0 Å². The van der Waals surface area contributed by atoms with E-state index in [2.05, 4.69) is 21.2 Å². The van der Waals surface area contributed by atoms with E-state index >= 15 is 0 Å². The molecule has 2 aromatic rings. The van der Waals surface area contributed by atoms with Crippen molar-refractivity contribution in [2.75, 3.05) is 5.32 Å². The van der Waals surface area contributed by atoms with Crippen LogP contribution in [0.5, 0.6) is 0 Å². The first-order chi connectivity index (χ1) is 9.47. The van der Waals surface area contributed by atoms with Crippen molar-refractivity contribution in [3.63, 3.8) is 0 Å². The first kappa shape index (κ1) is 14.7. The molecule has 0 unspecified atom stereocenters. The van der Waals surface area contributed by atoms with Crippen molar-refractivity contribution in [3.05, 3.63) is 63.6 Å². The second kappa shape index (κ2) is 6.15. The number of nitrogens with one attached hydrogen (secondary N) is 1. The summed E-state index contributed by atoms with van der Waals surface area (Å²) >= 11 is 8.31. The fraction of sp³-hybridized carbons (Fsp3) is 0.0667. The van der Waals surface area contributed by atoms with E-state index in [1.807, 2.05) is 19.1 Å². The highest BCUT2D eigenvalue weighted by atomic mass is 79.9. The maximum Gasteiger partial charge on any atom is 0.255 e. The van der Waals surface area contributed by atoms with Gasteiger partial charge in [0, 0.05) is 15.6 Å². The van der Waals surface area contributed by atoms with Crippen molar-refractivity contribution in [1.29, 1.82) is 0 Å². The monoisotopic (exact) mass is 348 g/mol. The summed E-state index contributed by atoms with van der Waals surface area (Å²) in [6, 6.07) is 12.7. The lowest BCUT2D eigenvalue weighted by atomic mass is 10.1. The Morgan fingerprint density at radius 2 is 1.75 bits per heavy atom. The van der Waals surface area contributed by atoms with E-state index in [-0.39, 0.29) is 5.91 Å². The first-order valence-electron chi connectivity index (χ1n) is 5.95. The molecule has 0 aliphatic heterocycles. The van der Waals surface area contributed by atoms with Crippen LogP contribution < -0.4 is 11.1 Å². The molecule has 0 spiro atoms. The van der Waals surface area contributed by atoms with Gasteiger partial charge in [-0.3, -0.25) is 4.79 Å². The molecule has 0 aliphatic carbocycles. The quantitative estimate of drug-likeness (QED) is 0.832. The van der Waals surface area contributed by atoms with Crippen LogP contribution in [0.3, 0.4) is 0 Å². The van der Waals surface area contributed by atoms with Gasteiger partial charge in [-0.1, -0.05) is 29.9 Å². The lowest BCUT2D eigenvalue weighted by molar-refractivity contribution is 0.102. The van der Waals surface area contributed by atoms with Crippen LogP contribution in [0.4, 0.5) is 5.69 Å². The molecule has 2 rings (SSSR count). The fourth-order valence-electron chi connectivity index (χ4n) is 1.67. The number of rotatable bonds is 3. The molecule has 0 aliphatic rings. The van der Waals surface area contributed by atoms with Crippen LogP contribution >= 0.6 is 28.1 Å². The summed E-state index contributed by atoms with van der Waals surface area (Å²) in [6.45, 7) is 1.98. The molecule has 20 heavy (non-hydrogen) atoms. The van der Waals surface area contributed by atoms with Crippen molar-refractivity contribution in [2.45, 2.75) is 6.92 Å². The molecule has 0 fully saturated rings. The number of aryl methyl sites for hydroxylation is 1. The molecule has 102 valence electrons. The second-order valence-electron chi connectivity index (χ2n) is 4.38. The Kier molecular flexibility index (Phi) is 4.52. The average molecular weight is 349 g/mol. The number of nitrogens with two attached hydrogens (primary N) is 1. The van der Waals surface area contributed by atoms with Gasteiger partial charge in [0.15, 0.2) is 0 Å². The van der Waals surface area contributed by atoms with Gasteiger partial charge in [-0.05, 0) is 53.2 Å². The standard InChI is InChI=1S/C15H13BrN2OS/c1-9-2-4-10(5-3-9)15(19)18-13-7-6-11(14(17)20)8-12(13)16/h2-8H,1H3,(H2,17,20)(H,18,19). The third-order valence-corrected chi connectivity index (χ3v) is 3.71. The Hall–Kier alpha value is -1.72. The highest BCUT2D eigenvalue weighted by Gasteiger charge is 2.09. The average Bonchev–Trinajstić information content (AvgIpc) is 2.41. The maximum absolute atomic E-state index is 12.1. The van der Waals surface area contributed by atoms with E-state index in [0.29, 0.717) is 16.2 Å². The summed E-state index contributed by atoms with van der Waals surface area (Å²) < 4.78 is 0.739. The molecule has 0 bridgehead atoms. The van der Waals surface area contributed by atoms with E-state index in [1.54, 1.807) is 30.3 Å². The Morgan fingerprint density at radius 1 is 1.15 bits per heavy atom. The van der Waals surface area contributed by atoms with Crippen molar-refractivity contribution >= 4 is 44.7 Å². The Morgan fingerprint density at radius 3 is 2.30 bits per heavy atom. The van der Waals surface area contributed by atoms with Crippen molar-refractivity contribution in [2.24, 2.45) is 5.73 Å². The highest BCUT2D eigenvalue weighted by molar-refractivity contribution is 9.10. The molecule has 2 aromatic carbocycles. The molecule has 0 aromatic heterocycles. The van der Waals surface area contributed by atoms with Gasteiger partial charge in [-0.2, -0.15) is 0 Å². The lowest BCUT2D eigenvalue weighted by Crippen LogP contribution is -2.13. The number of halogens is 1. The molecule has 5 heteroatoms. The van der Waals surface area contributed by atoms with Crippen LogP contribution in [0, 0.1) is 6.92 Å². The SMILES string of the molecule is Cc1ccc(C(=O)Nc2ccc(C(N)=S)cc2Br)cc1. The van der Waals surface area contributed by atoms with Crippen LogP contribution in [0.25, 0.3) is 0 Å². The predicted molar refractivity (Wildman–Crippen MR) is 89.2 cm³/mol. The zero-order chi connectivity index (χ0) is 14.7. The summed E-state index contributed by atoms with van der Waals surface area (Å²) in [7, 11) is 0. The van der Waals surface area contributed by atoms with Crippen LogP contribution in [0.15, 0.2) is 46.9 Å². The first-order valence-corrected chi connectivity index (χ1v) is 7.15. The zero-order valence-corrected chi connectivity index (χ0v) is 13.2. The van der Waals surface area contributed by atoms with Crippen LogP contribution in [0.1, 0.15) is 21.5 Å². The largest absolute Gasteiger partial charge is 0.389 e. The predicted octanol–water partition coefficient (Wildman–Crippen LogP) is 3.64.